The maximum absolute atomic E-state index is 11.7. The molecule has 1 unspecified atom stereocenters. The summed E-state index contributed by atoms with van der Waals surface area (Å²) in [5.41, 5.74) is 6.00. The maximum atomic E-state index is 11.7. The molecule has 80 valence electrons. The number of nitrogens with two attached hydrogens (primary N) is 1. The standard InChI is InChI=1S/C9H12N4OS/c10-8(15)7(5-1-2-5)12-9(14)6-3-4-11-13-6/h3-5,7H,1-2H2,(H2,10,15)(H,11,13)(H,12,14). The molecule has 5 nitrogen and oxygen atoms in total. The molecule has 0 radical (unpaired) electrons. The number of hydrogen-bond acceptors (Lipinski definition) is 3. The zero-order valence-corrected chi connectivity index (χ0v) is 8.88. The molecule has 0 bridgehead atoms. The zero-order valence-electron chi connectivity index (χ0n) is 8.06. The first-order valence-corrected chi connectivity index (χ1v) is 5.19. The highest BCUT2D eigenvalue weighted by Gasteiger charge is 2.34. The van der Waals surface area contributed by atoms with Gasteiger partial charge in [0.15, 0.2) is 0 Å². The second-order valence-corrected chi connectivity index (χ2v) is 4.13. The summed E-state index contributed by atoms with van der Waals surface area (Å²) in [5.74, 6) is 0.201. The third-order valence-electron chi connectivity index (χ3n) is 2.43. The van der Waals surface area contributed by atoms with E-state index in [1.165, 1.54) is 6.20 Å². The van der Waals surface area contributed by atoms with Gasteiger partial charge in [0.05, 0.1) is 11.0 Å². The van der Waals surface area contributed by atoms with E-state index < -0.39 is 0 Å². The summed E-state index contributed by atoms with van der Waals surface area (Å²) < 4.78 is 0. The normalized spacial score (nSPS) is 17.1. The smallest absolute Gasteiger partial charge is 0.269 e. The van der Waals surface area contributed by atoms with Gasteiger partial charge in [-0.1, -0.05) is 12.2 Å². The second kappa shape index (κ2) is 3.98. The molecule has 1 aliphatic rings. The van der Waals surface area contributed by atoms with Crippen LogP contribution in [-0.2, 0) is 0 Å². The number of aromatic nitrogens is 2. The summed E-state index contributed by atoms with van der Waals surface area (Å²) in [6.07, 6.45) is 3.68. The lowest BCUT2D eigenvalue weighted by molar-refractivity contribution is 0.0939. The average molecular weight is 224 g/mol. The van der Waals surface area contributed by atoms with Gasteiger partial charge in [0.25, 0.3) is 5.91 Å². The highest BCUT2D eigenvalue weighted by Crippen LogP contribution is 2.32. The fraction of sp³-hybridized carbons (Fsp3) is 0.444. The Morgan fingerprint density at radius 2 is 2.47 bits per heavy atom. The van der Waals surface area contributed by atoms with E-state index >= 15 is 0 Å². The molecule has 4 N–H and O–H groups in total. The van der Waals surface area contributed by atoms with Gasteiger partial charge in [-0.15, -0.1) is 0 Å². The van der Waals surface area contributed by atoms with Crippen molar-refractivity contribution in [3.63, 3.8) is 0 Å². The van der Waals surface area contributed by atoms with Crippen LogP contribution in [0.3, 0.4) is 0 Å². The summed E-state index contributed by atoms with van der Waals surface area (Å²) in [6, 6.07) is 1.43. The molecule has 0 aliphatic heterocycles. The Morgan fingerprint density at radius 3 is 2.93 bits per heavy atom. The first-order valence-electron chi connectivity index (χ1n) is 4.78. The Bertz CT molecular complexity index is 371. The number of H-pyrrole nitrogens is 1. The number of nitrogens with zero attached hydrogens (tertiary/aromatic N) is 1. The molecule has 1 atom stereocenters. The van der Waals surface area contributed by atoms with Crippen LogP contribution >= 0.6 is 12.2 Å². The molecule has 2 rings (SSSR count). The third-order valence-corrected chi connectivity index (χ3v) is 2.69. The third kappa shape index (κ3) is 2.33. The van der Waals surface area contributed by atoms with Crippen LogP contribution in [0.2, 0.25) is 0 Å². The molecule has 1 aromatic rings. The Labute approximate surface area is 92.4 Å². The summed E-state index contributed by atoms with van der Waals surface area (Å²) >= 11 is 4.92. The van der Waals surface area contributed by atoms with Crippen LogP contribution < -0.4 is 11.1 Å². The van der Waals surface area contributed by atoms with Gasteiger partial charge in [-0.2, -0.15) is 5.10 Å². The molecule has 1 heterocycles. The molecule has 6 heteroatoms. The van der Waals surface area contributed by atoms with E-state index in [0.717, 1.165) is 12.8 Å². The molecule has 1 saturated carbocycles. The van der Waals surface area contributed by atoms with Crippen molar-refractivity contribution in [2.75, 3.05) is 0 Å². The van der Waals surface area contributed by atoms with Gasteiger partial charge in [-0.25, -0.2) is 0 Å². The number of carbonyl (C=O) groups excluding carboxylic acids is 1. The van der Waals surface area contributed by atoms with Crippen LogP contribution in [0.15, 0.2) is 12.3 Å². The number of aromatic amines is 1. The Hall–Kier alpha value is -1.43. The Morgan fingerprint density at radius 1 is 1.73 bits per heavy atom. The lowest BCUT2D eigenvalue weighted by Crippen LogP contribution is -2.45. The number of amides is 1. The van der Waals surface area contributed by atoms with Crippen molar-refractivity contribution in [2.24, 2.45) is 11.7 Å². The predicted molar refractivity (Wildman–Crippen MR) is 59.4 cm³/mol. The van der Waals surface area contributed by atoms with E-state index in [0.29, 0.717) is 16.6 Å². The maximum Gasteiger partial charge on any atom is 0.269 e. The number of thiocarbonyl (C=S) groups is 1. The number of nitrogens with one attached hydrogen (secondary N) is 2. The highest BCUT2D eigenvalue weighted by atomic mass is 32.1. The van der Waals surface area contributed by atoms with Crippen molar-refractivity contribution < 1.29 is 4.79 Å². The van der Waals surface area contributed by atoms with Crippen molar-refractivity contribution in [1.29, 1.82) is 0 Å². The van der Waals surface area contributed by atoms with Gasteiger partial charge in [-0.05, 0) is 24.8 Å². The predicted octanol–water partition coefficient (Wildman–Crippen LogP) is 0.204. The highest BCUT2D eigenvalue weighted by molar-refractivity contribution is 7.80. The van der Waals surface area contributed by atoms with Gasteiger partial charge in [0, 0.05) is 6.20 Å². The molecule has 1 aliphatic carbocycles. The van der Waals surface area contributed by atoms with E-state index in [1.54, 1.807) is 6.07 Å². The lowest BCUT2D eigenvalue weighted by atomic mass is 10.2. The Balaban J connectivity index is 2.00. The average Bonchev–Trinajstić information content (AvgIpc) is 2.87. The summed E-state index contributed by atoms with van der Waals surface area (Å²) in [4.78, 5) is 12.0. The van der Waals surface area contributed by atoms with Crippen LogP contribution in [0.1, 0.15) is 23.3 Å². The minimum atomic E-state index is -0.211. The minimum Gasteiger partial charge on any atom is -0.392 e. The lowest BCUT2D eigenvalue weighted by Gasteiger charge is -2.15. The second-order valence-electron chi connectivity index (χ2n) is 3.66. The van der Waals surface area contributed by atoms with Gasteiger partial charge >= 0.3 is 0 Å². The van der Waals surface area contributed by atoms with Crippen molar-refractivity contribution in [3.05, 3.63) is 18.0 Å². The van der Waals surface area contributed by atoms with Crippen LogP contribution in [0.4, 0.5) is 0 Å². The molecule has 1 fully saturated rings. The summed E-state index contributed by atoms with van der Waals surface area (Å²) in [6.45, 7) is 0. The number of rotatable bonds is 4. The number of carbonyl (C=O) groups is 1. The van der Waals surface area contributed by atoms with Gasteiger partial charge in [-0.3, -0.25) is 9.89 Å². The first kappa shape index (κ1) is 10.1. The van der Waals surface area contributed by atoms with Crippen molar-refractivity contribution >= 4 is 23.1 Å². The van der Waals surface area contributed by atoms with Crippen LogP contribution in [0, 0.1) is 5.92 Å². The minimum absolute atomic E-state index is 0.184. The first-order chi connectivity index (χ1) is 7.18. The SMILES string of the molecule is NC(=S)C(NC(=O)c1ccn[nH]1)C1CC1. The summed E-state index contributed by atoms with van der Waals surface area (Å²) in [7, 11) is 0. The van der Waals surface area contributed by atoms with Crippen LogP contribution in [0.5, 0.6) is 0 Å². The van der Waals surface area contributed by atoms with E-state index in [2.05, 4.69) is 15.5 Å². The fourth-order valence-corrected chi connectivity index (χ4v) is 1.70. The molecular weight excluding hydrogens is 212 g/mol. The van der Waals surface area contributed by atoms with Gasteiger partial charge in [0.1, 0.15) is 5.69 Å². The van der Waals surface area contributed by atoms with Crippen molar-refractivity contribution in [3.8, 4) is 0 Å². The van der Waals surface area contributed by atoms with Gasteiger partial charge < -0.3 is 11.1 Å². The molecule has 15 heavy (non-hydrogen) atoms. The summed E-state index contributed by atoms with van der Waals surface area (Å²) in [5, 5.41) is 9.10. The van der Waals surface area contributed by atoms with Gasteiger partial charge in [0.2, 0.25) is 0 Å². The molecule has 0 spiro atoms. The van der Waals surface area contributed by atoms with Crippen LogP contribution in [0.25, 0.3) is 0 Å². The van der Waals surface area contributed by atoms with Crippen molar-refractivity contribution in [2.45, 2.75) is 18.9 Å². The quantitative estimate of drug-likeness (QED) is 0.638. The topological polar surface area (TPSA) is 83.8 Å². The van der Waals surface area contributed by atoms with Crippen molar-refractivity contribution in [1.82, 2.24) is 15.5 Å². The Kier molecular flexibility index (Phi) is 2.68. The molecule has 1 amide bonds. The van der Waals surface area contributed by atoms with E-state index in [-0.39, 0.29) is 11.9 Å². The molecule has 0 saturated heterocycles. The fourth-order valence-electron chi connectivity index (χ4n) is 1.45. The zero-order chi connectivity index (χ0) is 10.8. The van der Waals surface area contributed by atoms with Crippen LogP contribution in [-0.4, -0.2) is 27.1 Å². The van der Waals surface area contributed by atoms with E-state index in [1.807, 2.05) is 0 Å². The van der Waals surface area contributed by atoms with E-state index in [4.69, 9.17) is 18.0 Å². The molecule has 1 aromatic heterocycles. The largest absolute Gasteiger partial charge is 0.392 e. The van der Waals surface area contributed by atoms with E-state index in [9.17, 15) is 4.79 Å². The monoisotopic (exact) mass is 224 g/mol. The number of hydrogen-bond donors (Lipinski definition) is 3. The molecular formula is C9H12N4OS. The molecule has 0 aromatic carbocycles.